The second kappa shape index (κ2) is 28.6. The number of nitrogens with zero attached hydrogens (tertiary/aromatic N) is 2. The molecule has 21 nitrogen and oxygen atoms in total. The zero-order valence-electron chi connectivity index (χ0n) is 31.2. The highest BCUT2D eigenvalue weighted by Crippen LogP contribution is 2.53. The van der Waals surface area contributed by atoms with Crippen LogP contribution in [0.1, 0.15) is 20.8 Å². The van der Waals surface area contributed by atoms with E-state index in [4.69, 9.17) is 30.5 Å². The van der Waals surface area contributed by atoms with Gasteiger partial charge in [-0.1, -0.05) is 19.7 Å². The number of likely N-dealkylation sites (N-methyl/N-ethyl adjacent to an activating group) is 1. The molecule has 3 amide bonds. The van der Waals surface area contributed by atoms with Crippen LogP contribution in [-0.4, -0.2) is 134 Å². The monoisotopic (exact) mass is 833 g/mol. The number of phosphoric ester groups is 3. The average molecular weight is 834 g/mol. The minimum atomic E-state index is -4.37. The Balaban J connectivity index is -0.000000623. The number of hydrogen-bond acceptors (Lipinski definition) is 17. The van der Waals surface area contributed by atoms with Gasteiger partial charge in [0.1, 0.15) is 33.3 Å². The lowest BCUT2D eigenvalue weighted by Gasteiger charge is -2.27. The van der Waals surface area contributed by atoms with Crippen LogP contribution >= 0.6 is 35.3 Å². The van der Waals surface area contributed by atoms with Crippen LogP contribution in [0.25, 0.3) is 0 Å². The number of carbonyl (C=O) groups is 3. The van der Waals surface area contributed by atoms with Gasteiger partial charge in [-0.2, -0.15) is 4.08 Å². The molecule has 0 bridgehead atoms. The summed E-state index contributed by atoms with van der Waals surface area (Å²) < 4.78 is 69.9. The molecule has 0 aromatic carbocycles. The minimum Gasteiger partial charge on any atom is -0.756 e. The highest BCUT2D eigenvalue weighted by molar-refractivity contribution is 7.49. The van der Waals surface area contributed by atoms with Gasteiger partial charge in [0, 0.05) is 16.7 Å². The number of nitrogens with one attached hydrogen (secondary N) is 3. The molecular formula is C27H55ClN5O16P3. The maximum atomic E-state index is 11.3. The van der Waals surface area contributed by atoms with Gasteiger partial charge in [0.2, 0.25) is 17.7 Å². The lowest BCUT2D eigenvalue weighted by molar-refractivity contribution is -0.870. The predicted molar refractivity (Wildman–Crippen MR) is 190 cm³/mol. The summed E-state index contributed by atoms with van der Waals surface area (Å²) >= 11 is 4.74. The van der Waals surface area contributed by atoms with Crippen molar-refractivity contribution in [1.82, 2.24) is 20.9 Å². The Bertz CT molecular complexity index is 1260. The van der Waals surface area contributed by atoms with Crippen molar-refractivity contribution in [1.29, 1.82) is 0 Å². The molecule has 306 valence electrons. The normalized spacial score (nSPS) is 16.3. The largest absolute Gasteiger partial charge is 0.756 e. The minimum absolute atomic E-state index is 0.0265. The van der Waals surface area contributed by atoms with E-state index in [0.717, 1.165) is 0 Å². The van der Waals surface area contributed by atoms with Gasteiger partial charge in [-0.15, -0.1) is 0 Å². The fraction of sp³-hybridized carbons (Fsp3) is 0.667. The van der Waals surface area contributed by atoms with Crippen molar-refractivity contribution in [3.05, 3.63) is 36.5 Å². The molecule has 0 spiro atoms. The number of aliphatic hydroxyl groups is 1. The molecule has 2 aliphatic heterocycles. The molecule has 0 radical (unpaired) electrons. The molecule has 2 heterocycles. The van der Waals surface area contributed by atoms with Crippen LogP contribution in [-0.2, 0) is 63.8 Å². The van der Waals surface area contributed by atoms with Gasteiger partial charge >= 0.3 is 15.6 Å². The molecule has 52 heavy (non-hydrogen) atoms. The van der Waals surface area contributed by atoms with Gasteiger partial charge < -0.3 is 39.9 Å². The number of phosphoric acid groups is 3. The first-order chi connectivity index (χ1) is 23.7. The third kappa shape index (κ3) is 33.9. The third-order valence-corrected chi connectivity index (χ3v) is 8.63. The molecule has 0 saturated carbocycles. The van der Waals surface area contributed by atoms with Crippen LogP contribution in [0.2, 0.25) is 0 Å². The predicted octanol–water partition coefficient (Wildman–Crippen LogP) is 1.77. The van der Waals surface area contributed by atoms with E-state index < -0.39 is 36.1 Å². The van der Waals surface area contributed by atoms with E-state index in [1.54, 1.807) is 13.8 Å². The van der Waals surface area contributed by atoms with Crippen LogP contribution in [0.5, 0.6) is 0 Å². The number of hydrogen-bond donors (Lipinski definition) is 4. The topological polar surface area (TPSA) is 259 Å². The smallest absolute Gasteiger partial charge is 0.491 e. The van der Waals surface area contributed by atoms with Gasteiger partial charge in [0.25, 0.3) is 7.82 Å². The highest BCUT2D eigenvalue weighted by Gasteiger charge is 2.32. The van der Waals surface area contributed by atoms with Crippen molar-refractivity contribution in [2.75, 3.05) is 102 Å². The van der Waals surface area contributed by atoms with Crippen molar-refractivity contribution in [3.63, 3.8) is 0 Å². The Labute approximate surface area is 311 Å². The Hall–Kier alpha value is -1.87. The Morgan fingerprint density at radius 2 is 1.17 bits per heavy atom. The zero-order chi connectivity index (χ0) is 41.2. The maximum absolute atomic E-state index is 11.3. The lowest BCUT2D eigenvalue weighted by atomic mass is 10.3. The summed E-state index contributed by atoms with van der Waals surface area (Å²) in [4.78, 5) is 45.7. The molecule has 1 atom stereocenters. The molecule has 2 rings (SSSR count). The highest BCUT2D eigenvalue weighted by atomic mass is 35.5. The first-order valence-electron chi connectivity index (χ1n) is 14.9. The van der Waals surface area contributed by atoms with Crippen LogP contribution in [0, 0.1) is 0 Å². The first kappa shape index (κ1) is 54.5. The standard InChI is InChI=1S/C10H21N2O5P.C7H12NO5P.C5H9NO2.C3H9N.C2H4ClO4P/c1-9(2)10(13)11-8-17-18(14,15)16-7-6-12(3,4)5;1-6(2)7(9)8-5-13-14(10)11-3-4-12-14;1-4(2)5(8)6-3-7;1-4(2)3;3-7-8(4)5-1-2-6-8/h1,6-8H2,2-5H3,(H-,11,13,14,15);1,3-5H2,2H3,(H,8,9);7H,1,3H2,2H3,(H,6,8);1-3H3;1-2H2. The van der Waals surface area contributed by atoms with Gasteiger partial charge in [-0.05, 0) is 41.9 Å². The molecule has 2 saturated heterocycles. The maximum Gasteiger partial charge on any atom is 0.491 e. The first-order valence-corrected chi connectivity index (χ1v) is 19.6. The van der Waals surface area contributed by atoms with Gasteiger partial charge in [-0.25, -0.2) is 9.13 Å². The summed E-state index contributed by atoms with van der Waals surface area (Å²) in [5, 5.41) is 14.8. The number of halogens is 1. The van der Waals surface area contributed by atoms with Crippen LogP contribution in [0.4, 0.5) is 0 Å². The Morgan fingerprint density at radius 1 is 0.808 bits per heavy atom. The van der Waals surface area contributed by atoms with Crippen molar-refractivity contribution in [2.24, 2.45) is 0 Å². The average Bonchev–Trinajstić information content (AvgIpc) is 3.65. The van der Waals surface area contributed by atoms with E-state index in [1.807, 2.05) is 47.2 Å². The summed E-state index contributed by atoms with van der Waals surface area (Å²) in [6.07, 6.45) is 0. The van der Waals surface area contributed by atoms with E-state index in [2.05, 4.69) is 57.9 Å². The summed E-state index contributed by atoms with van der Waals surface area (Å²) in [7, 11) is 0.673. The molecule has 0 aliphatic carbocycles. The second-order valence-corrected chi connectivity index (χ2v) is 16.5. The lowest BCUT2D eigenvalue weighted by Crippen LogP contribution is -2.37. The van der Waals surface area contributed by atoms with Crippen molar-refractivity contribution in [2.45, 2.75) is 20.8 Å². The fourth-order valence-electron chi connectivity index (χ4n) is 2.13. The SMILES string of the molecule is C=C(C)C(=O)NCO.C=C(C)C(=O)NCOP(=O)([O-])OCC[N+](C)(C)C.C=C(C)C(=O)NCOP1(=O)OCCO1.CN(C)C.O=P1(OCl)OCCO1. The Kier molecular flexibility index (Phi) is 29.9. The van der Waals surface area contributed by atoms with Crippen LogP contribution in [0.15, 0.2) is 36.5 Å². The van der Waals surface area contributed by atoms with E-state index in [9.17, 15) is 33.0 Å². The number of rotatable bonds is 15. The molecule has 2 aliphatic rings. The number of carbonyl (C=O) groups excluding carboxylic acids is 3. The van der Waals surface area contributed by atoms with E-state index in [-0.39, 0.29) is 63.9 Å². The molecular weight excluding hydrogens is 779 g/mol. The van der Waals surface area contributed by atoms with Crippen LogP contribution in [0.3, 0.4) is 0 Å². The second-order valence-electron chi connectivity index (χ2n) is 11.5. The molecule has 1 unspecified atom stereocenters. The van der Waals surface area contributed by atoms with Crippen molar-refractivity contribution in [3.8, 4) is 0 Å². The molecule has 4 N–H and O–H groups in total. The summed E-state index contributed by atoms with van der Waals surface area (Å²) in [6.45, 7) is 15.4. The van der Waals surface area contributed by atoms with Crippen molar-refractivity contribution < 1.29 is 78.3 Å². The number of amides is 3. The van der Waals surface area contributed by atoms with E-state index in [1.165, 1.54) is 6.92 Å². The van der Waals surface area contributed by atoms with Gasteiger partial charge in [-0.3, -0.25) is 46.1 Å². The zero-order valence-corrected chi connectivity index (χ0v) is 34.6. The van der Waals surface area contributed by atoms with Crippen LogP contribution < -0.4 is 20.8 Å². The summed E-state index contributed by atoms with van der Waals surface area (Å²) in [5.41, 5.74) is 1.02. The van der Waals surface area contributed by atoms with Crippen molar-refractivity contribution >= 4 is 53.1 Å². The number of aliphatic hydroxyl groups excluding tert-OH is 1. The van der Waals surface area contributed by atoms with Gasteiger partial charge in [0.05, 0.1) is 59.4 Å². The summed E-state index contributed by atoms with van der Waals surface area (Å²) in [6, 6.07) is 0. The molecule has 25 heteroatoms. The quantitative estimate of drug-likeness (QED) is 0.0793. The third-order valence-electron chi connectivity index (χ3n) is 4.57. The summed E-state index contributed by atoms with van der Waals surface area (Å²) in [5.74, 6) is -1.15. The fourth-order valence-corrected chi connectivity index (χ4v) is 4.76. The molecule has 2 fully saturated rings. The van der Waals surface area contributed by atoms with E-state index in [0.29, 0.717) is 22.2 Å². The molecule has 0 aromatic rings. The molecule has 0 aromatic heterocycles. The Morgan fingerprint density at radius 3 is 1.48 bits per heavy atom. The number of quaternary nitrogens is 1. The van der Waals surface area contributed by atoms with Gasteiger partial charge in [0.15, 0.2) is 0 Å². The van der Waals surface area contributed by atoms with E-state index >= 15 is 0 Å².